The molecule has 0 aliphatic heterocycles. The number of carbonyl (C=O) groups is 1. The van der Waals surface area contributed by atoms with Gasteiger partial charge in [0.25, 0.3) is 5.91 Å². The summed E-state index contributed by atoms with van der Waals surface area (Å²) in [6.07, 6.45) is 5.83. The van der Waals surface area contributed by atoms with Crippen LogP contribution in [0.15, 0.2) is 12.1 Å². The van der Waals surface area contributed by atoms with Crippen LogP contribution in [0, 0.1) is 6.92 Å². The Labute approximate surface area is 115 Å². The molecule has 1 fully saturated rings. The first-order chi connectivity index (χ1) is 9.02. The molecule has 1 aromatic heterocycles. The fraction of sp³-hybridized carbons (Fsp3) is 0.600. The Morgan fingerprint density at radius 2 is 1.95 bits per heavy atom. The van der Waals surface area contributed by atoms with Crippen LogP contribution in [0.25, 0.3) is 0 Å². The lowest BCUT2D eigenvalue weighted by Crippen LogP contribution is -2.47. The van der Waals surface area contributed by atoms with Crippen LogP contribution in [0.5, 0.6) is 0 Å². The number of aromatic nitrogens is 1. The van der Waals surface area contributed by atoms with Gasteiger partial charge in [0.05, 0.1) is 0 Å². The molecule has 19 heavy (non-hydrogen) atoms. The third-order valence-electron chi connectivity index (χ3n) is 3.84. The Kier molecular flexibility index (Phi) is 4.08. The van der Waals surface area contributed by atoms with E-state index in [1.807, 2.05) is 20.0 Å². The second-order valence-electron chi connectivity index (χ2n) is 5.71. The van der Waals surface area contributed by atoms with E-state index < -0.39 is 0 Å². The van der Waals surface area contributed by atoms with Crippen LogP contribution in [-0.2, 0) is 0 Å². The van der Waals surface area contributed by atoms with Gasteiger partial charge < -0.3 is 10.6 Å². The Hall–Kier alpha value is -1.58. The summed E-state index contributed by atoms with van der Waals surface area (Å²) in [6, 6.07) is 3.64. The number of anilines is 1. The Morgan fingerprint density at radius 1 is 1.26 bits per heavy atom. The molecule has 1 saturated carbocycles. The van der Waals surface area contributed by atoms with Gasteiger partial charge in [-0.1, -0.05) is 19.3 Å². The molecule has 1 aliphatic rings. The Balaban J connectivity index is 2.13. The van der Waals surface area contributed by atoms with Crippen LogP contribution >= 0.6 is 0 Å². The zero-order chi connectivity index (χ0) is 13.9. The number of hydrogen-bond donors (Lipinski definition) is 2. The van der Waals surface area contributed by atoms with Gasteiger partial charge in [0.2, 0.25) is 0 Å². The van der Waals surface area contributed by atoms with E-state index in [1.165, 1.54) is 19.3 Å². The van der Waals surface area contributed by atoms with E-state index in [-0.39, 0.29) is 11.4 Å². The average Bonchev–Trinajstić information content (AvgIpc) is 2.38. The van der Waals surface area contributed by atoms with E-state index in [2.05, 4.69) is 22.5 Å². The van der Waals surface area contributed by atoms with Gasteiger partial charge in [-0.2, -0.15) is 0 Å². The molecular weight excluding hydrogens is 238 g/mol. The smallest absolute Gasteiger partial charge is 0.251 e. The predicted molar refractivity (Wildman–Crippen MR) is 77.5 cm³/mol. The molecule has 1 aliphatic carbocycles. The zero-order valence-corrected chi connectivity index (χ0v) is 12.0. The van der Waals surface area contributed by atoms with Crippen molar-refractivity contribution in [3.8, 4) is 0 Å². The highest BCUT2D eigenvalue weighted by Gasteiger charge is 2.28. The molecule has 2 N–H and O–H groups in total. The molecule has 0 radical (unpaired) electrons. The first kappa shape index (κ1) is 13.8. The standard InChI is InChI=1S/C15H23N3O/c1-11-9-12(10-13(16-3)17-11)14(19)18-15(2)7-5-4-6-8-15/h9-10H,4-8H2,1-3H3,(H,16,17)(H,18,19). The molecular formula is C15H23N3O. The lowest BCUT2D eigenvalue weighted by atomic mass is 9.83. The number of amides is 1. The van der Waals surface area contributed by atoms with Crippen LogP contribution < -0.4 is 10.6 Å². The highest BCUT2D eigenvalue weighted by atomic mass is 16.1. The first-order valence-corrected chi connectivity index (χ1v) is 7.01. The van der Waals surface area contributed by atoms with E-state index in [4.69, 9.17) is 0 Å². The molecule has 1 heterocycles. The molecule has 1 aromatic rings. The molecule has 0 bridgehead atoms. The van der Waals surface area contributed by atoms with Crippen molar-refractivity contribution in [3.63, 3.8) is 0 Å². The molecule has 4 heteroatoms. The van der Waals surface area contributed by atoms with Crippen LogP contribution in [-0.4, -0.2) is 23.5 Å². The molecule has 0 unspecified atom stereocenters. The van der Waals surface area contributed by atoms with Gasteiger partial charge in [-0.3, -0.25) is 4.79 Å². The van der Waals surface area contributed by atoms with Gasteiger partial charge in [-0.15, -0.1) is 0 Å². The normalized spacial score (nSPS) is 17.8. The topological polar surface area (TPSA) is 54.0 Å². The second-order valence-corrected chi connectivity index (χ2v) is 5.71. The van der Waals surface area contributed by atoms with Gasteiger partial charge in [0, 0.05) is 23.8 Å². The van der Waals surface area contributed by atoms with E-state index >= 15 is 0 Å². The fourth-order valence-electron chi connectivity index (χ4n) is 2.73. The van der Waals surface area contributed by atoms with Gasteiger partial charge in [-0.05, 0) is 38.8 Å². The highest BCUT2D eigenvalue weighted by Crippen LogP contribution is 2.28. The van der Waals surface area contributed by atoms with Crippen molar-refractivity contribution in [2.45, 2.75) is 51.5 Å². The van der Waals surface area contributed by atoms with Gasteiger partial charge in [0.1, 0.15) is 5.82 Å². The Bertz CT molecular complexity index is 464. The van der Waals surface area contributed by atoms with Crippen molar-refractivity contribution < 1.29 is 4.79 Å². The molecule has 0 saturated heterocycles. The fourth-order valence-corrected chi connectivity index (χ4v) is 2.73. The monoisotopic (exact) mass is 261 g/mol. The van der Waals surface area contributed by atoms with Gasteiger partial charge in [0.15, 0.2) is 0 Å². The highest BCUT2D eigenvalue weighted by molar-refractivity contribution is 5.95. The minimum Gasteiger partial charge on any atom is -0.373 e. The first-order valence-electron chi connectivity index (χ1n) is 7.01. The molecule has 0 spiro atoms. The average molecular weight is 261 g/mol. The van der Waals surface area contributed by atoms with Crippen molar-refractivity contribution in [1.29, 1.82) is 0 Å². The molecule has 0 aromatic carbocycles. The number of pyridine rings is 1. The van der Waals surface area contributed by atoms with Crippen molar-refractivity contribution in [2.75, 3.05) is 12.4 Å². The second kappa shape index (κ2) is 5.59. The van der Waals surface area contributed by atoms with Gasteiger partial charge in [-0.25, -0.2) is 4.98 Å². The van der Waals surface area contributed by atoms with Crippen molar-refractivity contribution in [1.82, 2.24) is 10.3 Å². The third kappa shape index (κ3) is 3.46. The van der Waals surface area contributed by atoms with Crippen LogP contribution in [0.4, 0.5) is 5.82 Å². The molecule has 0 atom stereocenters. The summed E-state index contributed by atoms with van der Waals surface area (Å²) >= 11 is 0. The maximum Gasteiger partial charge on any atom is 0.251 e. The summed E-state index contributed by atoms with van der Waals surface area (Å²) in [6.45, 7) is 4.05. The van der Waals surface area contributed by atoms with E-state index in [0.717, 1.165) is 24.4 Å². The molecule has 104 valence electrons. The van der Waals surface area contributed by atoms with Crippen molar-refractivity contribution in [3.05, 3.63) is 23.4 Å². The lowest BCUT2D eigenvalue weighted by molar-refractivity contribution is 0.0882. The third-order valence-corrected chi connectivity index (χ3v) is 3.84. The number of aryl methyl sites for hydroxylation is 1. The quantitative estimate of drug-likeness (QED) is 0.879. The summed E-state index contributed by atoms with van der Waals surface area (Å²) in [7, 11) is 1.81. The predicted octanol–water partition coefficient (Wildman–Crippen LogP) is 2.88. The maximum atomic E-state index is 12.4. The largest absolute Gasteiger partial charge is 0.373 e. The zero-order valence-electron chi connectivity index (χ0n) is 12.0. The maximum absolute atomic E-state index is 12.4. The minimum absolute atomic E-state index is 0.00593. The molecule has 2 rings (SSSR count). The van der Waals surface area contributed by atoms with Crippen LogP contribution in [0.3, 0.4) is 0 Å². The summed E-state index contributed by atoms with van der Waals surface area (Å²) in [4.78, 5) is 16.7. The summed E-state index contributed by atoms with van der Waals surface area (Å²) in [5.41, 5.74) is 1.49. The van der Waals surface area contributed by atoms with Crippen LogP contribution in [0.2, 0.25) is 0 Å². The summed E-state index contributed by atoms with van der Waals surface area (Å²) in [5.74, 6) is 0.741. The number of nitrogens with zero attached hydrogens (tertiary/aromatic N) is 1. The van der Waals surface area contributed by atoms with Crippen LogP contribution in [0.1, 0.15) is 55.1 Å². The molecule has 4 nitrogen and oxygen atoms in total. The number of rotatable bonds is 3. The van der Waals surface area contributed by atoms with E-state index in [9.17, 15) is 4.79 Å². The molecule has 1 amide bonds. The number of nitrogens with one attached hydrogen (secondary N) is 2. The summed E-state index contributed by atoms with van der Waals surface area (Å²) < 4.78 is 0. The number of carbonyl (C=O) groups excluding carboxylic acids is 1. The van der Waals surface area contributed by atoms with Crippen molar-refractivity contribution >= 4 is 11.7 Å². The minimum atomic E-state index is -0.0493. The summed E-state index contributed by atoms with van der Waals surface area (Å²) in [5, 5.41) is 6.18. The van der Waals surface area contributed by atoms with Crippen molar-refractivity contribution in [2.24, 2.45) is 0 Å². The Morgan fingerprint density at radius 3 is 2.58 bits per heavy atom. The van der Waals surface area contributed by atoms with Gasteiger partial charge >= 0.3 is 0 Å². The number of hydrogen-bond acceptors (Lipinski definition) is 3. The van der Waals surface area contributed by atoms with E-state index in [0.29, 0.717) is 5.56 Å². The SMILES string of the molecule is CNc1cc(C(=O)NC2(C)CCCCC2)cc(C)n1. The lowest BCUT2D eigenvalue weighted by Gasteiger charge is -2.34. The van der Waals surface area contributed by atoms with E-state index in [1.54, 1.807) is 6.07 Å².